The van der Waals surface area contributed by atoms with Gasteiger partial charge in [-0.25, -0.2) is 5.43 Å². The second kappa shape index (κ2) is 10.1. The number of hydrazone groups is 1. The van der Waals surface area contributed by atoms with Gasteiger partial charge in [-0.1, -0.05) is 35.9 Å². The van der Waals surface area contributed by atoms with Gasteiger partial charge in [-0.15, -0.1) is 11.3 Å². The zero-order valence-electron chi connectivity index (χ0n) is 17.0. The number of benzene rings is 2. The number of amides is 1. The number of aromatic nitrogens is 2. The molecule has 0 aliphatic heterocycles. The number of carbonyl (C=O) groups is 1. The summed E-state index contributed by atoms with van der Waals surface area (Å²) >= 11 is 7.19. The number of carbonyl (C=O) groups excluding carboxylic acids is 1. The minimum atomic E-state index is -0.353. The summed E-state index contributed by atoms with van der Waals surface area (Å²) in [4.78, 5) is 13.0. The fourth-order valence-electron chi connectivity index (χ4n) is 2.93. The third-order valence-electron chi connectivity index (χ3n) is 4.54. The average Bonchev–Trinajstić information content (AvgIpc) is 3.48. The van der Waals surface area contributed by atoms with Crippen LogP contribution in [0.1, 0.15) is 20.8 Å². The van der Waals surface area contributed by atoms with Crippen molar-refractivity contribution in [1.29, 1.82) is 0 Å². The Labute approximate surface area is 193 Å². The van der Waals surface area contributed by atoms with E-state index >= 15 is 0 Å². The molecule has 32 heavy (non-hydrogen) atoms. The summed E-state index contributed by atoms with van der Waals surface area (Å²) in [7, 11) is 1.61. The topological polar surface area (TPSA) is 88.6 Å². The predicted molar refractivity (Wildman–Crippen MR) is 126 cm³/mol. The van der Waals surface area contributed by atoms with Gasteiger partial charge in [-0.05, 0) is 41.3 Å². The molecule has 162 valence electrons. The summed E-state index contributed by atoms with van der Waals surface area (Å²) in [5, 5.41) is 13.6. The Hall–Kier alpha value is -3.62. The standard InChI is InChI=1S/C23H19ClN4O3S/c1-30-19-4-2-3-16(11-19)21-17(12-25-27-21)13-26-28-23(29)22-20(9-10-32-22)31-14-15-5-7-18(24)8-6-15/h2-13H,14H2,1H3,(H,25,27)(H,28,29)/b26-13-. The normalized spacial score (nSPS) is 10.9. The van der Waals surface area contributed by atoms with E-state index in [2.05, 4.69) is 20.7 Å². The molecule has 4 aromatic rings. The van der Waals surface area contributed by atoms with Crippen molar-refractivity contribution < 1.29 is 14.3 Å². The molecule has 1 amide bonds. The number of nitrogens with zero attached hydrogens (tertiary/aromatic N) is 2. The van der Waals surface area contributed by atoms with Gasteiger partial charge in [0.15, 0.2) is 0 Å². The van der Waals surface area contributed by atoms with Crippen LogP contribution >= 0.6 is 22.9 Å². The SMILES string of the molecule is COc1cccc(-c2[nH]ncc2/C=N\NC(=O)c2sccc2OCc2ccc(Cl)cc2)c1. The van der Waals surface area contributed by atoms with Gasteiger partial charge >= 0.3 is 0 Å². The second-order valence-electron chi connectivity index (χ2n) is 6.66. The summed E-state index contributed by atoms with van der Waals surface area (Å²) in [6.07, 6.45) is 3.17. The van der Waals surface area contributed by atoms with Crippen molar-refractivity contribution in [2.75, 3.05) is 7.11 Å². The van der Waals surface area contributed by atoms with Crippen LogP contribution in [0.2, 0.25) is 5.02 Å². The number of thiophene rings is 1. The molecule has 0 spiro atoms. The fourth-order valence-corrected chi connectivity index (χ4v) is 3.78. The van der Waals surface area contributed by atoms with E-state index in [1.54, 1.807) is 36.9 Å². The third-order valence-corrected chi connectivity index (χ3v) is 5.69. The molecule has 9 heteroatoms. The van der Waals surface area contributed by atoms with Crippen molar-refractivity contribution in [3.05, 3.63) is 87.2 Å². The Morgan fingerprint density at radius 2 is 2.09 bits per heavy atom. The monoisotopic (exact) mass is 466 g/mol. The van der Waals surface area contributed by atoms with Gasteiger partial charge < -0.3 is 9.47 Å². The first-order valence-electron chi connectivity index (χ1n) is 9.60. The molecule has 0 saturated carbocycles. The highest BCUT2D eigenvalue weighted by molar-refractivity contribution is 7.12. The van der Waals surface area contributed by atoms with Crippen molar-refractivity contribution in [1.82, 2.24) is 15.6 Å². The van der Waals surface area contributed by atoms with Gasteiger partial charge in [0.1, 0.15) is 23.0 Å². The van der Waals surface area contributed by atoms with Crippen LogP contribution in [0.4, 0.5) is 0 Å². The van der Waals surface area contributed by atoms with Crippen LogP contribution < -0.4 is 14.9 Å². The van der Waals surface area contributed by atoms with Gasteiger partial charge in [0, 0.05) is 16.1 Å². The molecule has 0 unspecified atom stereocenters. The molecular formula is C23H19ClN4O3S. The van der Waals surface area contributed by atoms with E-state index in [0.29, 0.717) is 22.3 Å². The summed E-state index contributed by atoms with van der Waals surface area (Å²) in [5.41, 5.74) is 5.89. The van der Waals surface area contributed by atoms with Gasteiger partial charge in [-0.2, -0.15) is 10.2 Å². The van der Waals surface area contributed by atoms with Gasteiger partial charge in [0.2, 0.25) is 0 Å². The zero-order valence-corrected chi connectivity index (χ0v) is 18.6. The Balaban J connectivity index is 1.40. The maximum atomic E-state index is 12.6. The molecule has 7 nitrogen and oxygen atoms in total. The number of aromatic amines is 1. The van der Waals surface area contributed by atoms with E-state index in [0.717, 1.165) is 28.1 Å². The van der Waals surface area contributed by atoms with E-state index in [-0.39, 0.29) is 5.91 Å². The van der Waals surface area contributed by atoms with Crippen LogP contribution in [0, 0.1) is 0 Å². The highest BCUT2D eigenvalue weighted by atomic mass is 35.5. The first kappa shape index (κ1) is 21.6. The van der Waals surface area contributed by atoms with Gasteiger partial charge in [-0.3, -0.25) is 9.89 Å². The largest absolute Gasteiger partial charge is 0.497 e. The molecule has 2 aromatic heterocycles. The minimum absolute atomic E-state index is 0.330. The lowest BCUT2D eigenvalue weighted by Crippen LogP contribution is -2.17. The second-order valence-corrected chi connectivity index (χ2v) is 8.01. The van der Waals surface area contributed by atoms with Crippen molar-refractivity contribution in [3.8, 4) is 22.8 Å². The average molecular weight is 467 g/mol. The molecular weight excluding hydrogens is 448 g/mol. The molecule has 2 aromatic carbocycles. The number of halogens is 1. The Kier molecular flexibility index (Phi) is 6.84. The van der Waals surface area contributed by atoms with Crippen molar-refractivity contribution in [3.63, 3.8) is 0 Å². The fraction of sp³-hybridized carbons (Fsp3) is 0.0870. The minimum Gasteiger partial charge on any atom is -0.497 e. The summed E-state index contributed by atoms with van der Waals surface area (Å²) in [6, 6.07) is 16.7. The number of H-pyrrole nitrogens is 1. The highest BCUT2D eigenvalue weighted by Crippen LogP contribution is 2.26. The Bertz CT molecular complexity index is 1230. The number of ether oxygens (including phenoxy) is 2. The van der Waals surface area contributed by atoms with Gasteiger partial charge in [0.25, 0.3) is 5.91 Å². The number of methoxy groups -OCH3 is 1. The molecule has 2 N–H and O–H groups in total. The molecule has 0 aliphatic rings. The summed E-state index contributed by atoms with van der Waals surface area (Å²) in [5.74, 6) is 0.879. The molecule has 2 heterocycles. The van der Waals surface area contributed by atoms with Gasteiger partial charge in [0.05, 0.1) is 25.2 Å². The molecule has 4 rings (SSSR count). The lowest BCUT2D eigenvalue weighted by atomic mass is 10.1. The first-order chi connectivity index (χ1) is 15.6. The van der Waals surface area contributed by atoms with E-state index in [4.69, 9.17) is 21.1 Å². The molecule has 0 bridgehead atoms. The first-order valence-corrected chi connectivity index (χ1v) is 10.9. The van der Waals surface area contributed by atoms with E-state index in [1.807, 2.05) is 36.4 Å². The predicted octanol–water partition coefficient (Wildman–Crippen LogP) is 5.14. The third kappa shape index (κ3) is 5.16. The Morgan fingerprint density at radius 3 is 2.91 bits per heavy atom. The van der Waals surface area contributed by atoms with Crippen LogP contribution in [0.25, 0.3) is 11.3 Å². The molecule has 0 atom stereocenters. The van der Waals surface area contributed by atoms with E-state index < -0.39 is 0 Å². The lowest BCUT2D eigenvalue weighted by molar-refractivity contribution is 0.0955. The van der Waals surface area contributed by atoms with E-state index in [9.17, 15) is 4.79 Å². The Morgan fingerprint density at radius 1 is 1.25 bits per heavy atom. The van der Waals surface area contributed by atoms with Crippen LogP contribution in [0.3, 0.4) is 0 Å². The number of hydrogen-bond acceptors (Lipinski definition) is 6. The van der Waals surface area contributed by atoms with Crippen molar-refractivity contribution >= 4 is 35.1 Å². The smallest absolute Gasteiger partial charge is 0.285 e. The quantitative estimate of drug-likeness (QED) is 0.278. The van der Waals surface area contributed by atoms with Crippen LogP contribution in [0.5, 0.6) is 11.5 Å². The van der Waals surface area contributed by atoms with Crippen LogP contribution in [-0.4, -0.2) is 29.4 Å². The van der Waals surface area contributed by atoms with Crippen LogP contribution in [-0.2, 0) is 6.61 Å². The molecule has 0 radical (unpaired) electrons. The van der Waals surface area contributed by atoms with Crippen molar-refractivity contribution in [2.24, 2.45) is 5.10 Å². The summed E-state index contributed by atoms with van der Waals surface area (Å²) < 4.78 is 11.1. The molecule has 0 fully saturated rings. The highest BCUT2D eigenvalue weighted by Gasteiger charge is 2.14. The van der Waals surface area contributed by atoms with Crippen LogP contribution in [0.15, 0.2) is 71.3 Å². The lowest BCUT2D eigenvalue weighted by Gasteiger charge is -2.07. The number of hydrogen-bond donors (Lipinski definition) is 2. The maximum absolute atomic E-state index is 12.6. The molecule has 0 aliphatic carbocycles. The number of rotatable bonds is 8. The molecule has 0 saturated heterocycles. The maximum Gasteiger partial charge on any atom is 0.285 e. The van der Waals surface area contributed by atoms with E-state index in [1.165, 1.54) is 17.6 Å². The summed E-state index contributed by atoms with van der Waals surface area (Å²) in [6.45, 7) is 0.330. The number of nitrogens with one attached hydrogen (secondary N) is 2. The zero-order chi connectivity index (χ0) is 22.3. The van der Waals surface area contributed by atoms with Crippen molar-refractivity contribution in [2.45, 2.75) is 6.61 Å².